The van der Waals surface area contributed by atoms with Gasteiger partial charge in [0.1, 0.15) is 11.6 Å². The minimum absolute atomic E-state index is 0.100. The molecule has 0 aliphatic carbocycles. The van der Waals surface area contributed by atoms with Crippen molar-refractivity contribution in [1.82, 2.24) is 0 Å². The van der Waals surface area contributed by atoms with Crippen LogP contribution in [-0.4, -0.2) is 5.84 Å². The van der Waals surface area contributed by atoms with Gasteiger partial charge >= 0.3 is 0 Å². The Labute approximate surface area is 130 Å². The minimum Gasteiger partial charge on any atom is -0.453 e. The summed E-state index contributed by atoms with van der Waals surface area (Å²) in [4.78, 5) is 0. The molecule has 0 fully saturated rings. The predicted molar refractivity (Wildman–Crippen MR) is 79.3 cm³/mol. The van der Waals surface area contributed by atoms with E-state index >= 15 is 0 Å². The van der Waals surface area contributed by atoms with E-state index in [-0.39, 0.29) is 17.3 Å². The van der Waals surface area contributed by atoms with Gasteiger partial charge in [-0.25, -0.2) is 4.39 Å². The van der Waals surface area contributed by atoms with Gasteiger partial charge in [-0.2, -0.15) is 4.39 Å². The minimum atomic E-state index is -1.07. The Kier molecular flexibility index (Phi) is 4.39. The van der Waals surface area contributed by atoms with Gasteiger partial charge in [0.05, 0.1) is 4.47 Å². The molecule has 0 amide bonds. The summed E-state index contributed by atoms with van der Waals surface area (Å²) in [6, 6.07) is 6.96. The molecule has 0 heterocycles. The topological polar surface area (TPSA) is 59.1 Å². The van der Waals surface area contributed by atoms with E-state index in [4.69, 9.17) is 15.9 Å². The fourth-order valence-corrected chi connectivity index (χ4v) is 2.34. The lowest BCUT2D eigenvalue weighted by atomic mass is 10.2. The van der Waals surface area contributed by atoms with E-state index in [0.717, 1.165) is 6.07 Å². The summed E-state index contributed by atoms with van der Waals surface area (Å²) >= 11 is 6.30. The van der Waals surface area contributed by atoms with Crippen molar-refractivity contribution in [2.24, 2.45) is 5.73 Å². The Balaban J connectivity index is 2.38. The highest BCUT2D eigenvalue weighted by Crippen LogP contribution is 2.34. The average Bonchev–Trinajstić information content (AvgIpc) is 2.37. The van der Waals surface area contributed by atoms with E-state index in [0.29, 0.717) is 14.5 Å². The Morgan fingerprint density at radius 1 is 1.10 bits per heavy atom. The first kappa shape index (κ1) is 14.9. The summed E-state index contributed by atoms with van der Waals surface area (Å²) in [7, 11) is 0. The molecule has 0 radical (unpaired) electrons. The van der Waals surface area contributed by atoms with Crippen LogP contribution in [-0.2, 0) is 0 Å². The molecule has 3 nitrogen and oxygen atoms in total. The van der Waals surface area contributed by atoms with E-state index in [1.807, 2.05) is 0 Å². The predicted octanol–water partition coefficient (Wildman–Crippen LogP) is 4.57. The first-order valence-electron chi connectivity index (χ1n) is 5.35. The Morgan fingerprint density at radius 3 is 2.40 bits per heavy atom. The molecule has 0 aliphatic rings. The number of nitrogens with two attached hydrogens (primary N) is 1. The summed E-state index contributed by atoms with van der Waals surface area (Å²) in [6.07, 6.45) is 0. The van der Waals surface area contributed by atoms with Gasteiger partial charge in [0.15, 0.2) is 11.6 Å². The third-order valence-corrected chi connectivity index (χ3v) is 3.50. The van der Waals surface area contributed by atoms with Crippen molar-refractivity contribution in [2.75, 3.05) is 0 Å². The van der Waals surface area contributed by atoms with Crippen molar-refractivity contribution in [3.63, 3.8) is 0 Å². The van der Waals surface area contributed by atoms with Crippen LogP contribution in [0.25, 0.3) is 0 Å². The van der Waals surface area contributed by atoms with Crippen LogP contribution in [0.2, 0.25) is 0 Å². The lowest BCUT2D eigenvalue weighted by Crippen LogP contribution is -2.10. The fourth-order valence-electron chi connectivity index (χ4n) is 1.48. The molecule has 2 rings (SSSR count). The molecule has 0 spiro atoms. The third-order valence-electron chi connectivity index (χ3n) is 2.42. The molecule has 0 saturated carbocycles. The average molecular weight is 406 g/mol. The van der Waals surface area contributed by atoms with Gasteiger partial charge in [-0.15, -0.1) is 0 Å². The maximum Gasteiger partial charge on any atom is 0.201 e. The standard InChI is InChI=1S/C13H8Br2F2N2O/c14-7-4-9(16)12(17)11(5-7)20-10-2-1-6(13(18)19)3-8(10)15/h1-5H,(H3,18,19). The normalized spacial score (nSPS) is 10.4. The summed E-state index contributed by atoms with van der Waals surface area (Å²) in [5.41, 5.74) is 5.85. The molecule has 0 unspecified atom stereocenters. The summed E-state index contributed by atoms with van der Waals surface area (Å²) in [5.74, 6) is -2.14. The summed E-state index contributed by atoms with van der Waals surface area (Å²) < 4.78 is 33.1. The highest BCUT2D eigenvalue weighted by molar-refractivity contribution is 9.10. The fraction of sp³-hybridized carbons (Fsp3) is 0. The van der Waals surface area contributed by atoms with E-state index in [9.17, 15) is 8.78 Å². The molecular formula is C13H8Br2F2N2O. The van der Waals surface area contributed by atoms with Gasteiger partial charge in [-0.05, 0) is 46.3 Å². The van der Waals surface area contributed by atoms with Crippen LogP contribution in [0.15, 0.2) is 39.3 Å². The highest BCUT2D eigenvalue weighted by Gasteiger charge is 2.14. The van der Waals surface area contributed by atoms with Gasteiger partial charge < -0.3 is 10.5 Å². The van der Waals surface area contributed by atoms with Crippen LogP contribution in [0.1, 0.15) is 5.56 Å². The molecule has 0 aromatic heterocycles. The monoisotopic (exact) mass is 404 g/mol. The number of nitrogens with one attached hydrogen (secondary N) is 1. The number of ether oxygens (including phenoxy) is 1. The molecule has 0 aliphatic heterocycles. The number of hydrogen-bond acceptors (Lipinski definition) is 2. The van der Waals surface area contributed by atoms with Crippen LogP contribution in [0.3, 0.4) is 0 Å². The summed E-state index contributed by atoms with van der Waals surface area (Å²) in [5, 5.41) is 7.31. The molecule has 20 heavy (non-hydrogen) atoms. The van der Waals surface area contributed by atoms with Crippen molar-refractivity contribution >= 4 is 37.7 Å². The van der Waals surface area contributed by atoms with Crippen LogP contribution < -0.4 is 10.5 Å². The van der Waals surface area contributed by atoms with E-state index in [1.54, 1.807) is 12.1 Å². The van der Waals surface area contributed by atoms with Gasteiger partial charge in [0, 0.05) is 10.0 Å². The lowest BCUT2D eigenvalue weighted by Gasteiger charge is -2.10. The van der Waals surface area contributed by atoms with Crippen LogP contribution in [0.4, 0.5) is 8.78 Å². The quantitative estimate of drug-likeness (QED) is 0.446. The van der Waals surface area contributed by atoms with Crippen LogP contribution >= 0.6 is 31.9 Å². The zero-order valence-corrected chi connectivity index (χ0v) is 13.1. The van der Waals surface area contributed by atoms with Gasteiger partial charge in [-0.1, -0.05) is 15.9 Å². The number of hydrogen-bond donors (Lipinski definition) is 2. The van der Waals surface area contributed by atoms with Crippen LogP contribution in [0.5, 0.6) is 11.5 Å². The van der Waals surface area contributed by atoms with Gasteiger partial charge in [-0.3, -0.25) is 5.41 Å². The van der Waals surface area contributed by atoms with Crippen molar-refractivity contribution in [2.45, 2.75) is 0 Å². The zero-order chi connectivity index (χ0) is 14.9. The van der Waals surface area contributed by atoms with Crippen molar-refractivity contribution in [3.8, 4) is 11.5 Å². The molecular weight excluding hydrogens is 398 g/mol. The Hall–Kier alpha value is -1.47. The van der Waals surface area contributed by atoms with Gasteiger partial charge in [0.25, 0.3) is 0 Å². The second-order valence-corrected chi connectivity index (χ2v) is 5.63. The number of nitrogen functional groups attached to an aromatic ring is 1. The van der Waals surface area contributed by atoms with Crippen LogP contribution in [0, 0.1) is 17.0 Å². The lowest BCUT2D eigenvalue weighted by molar-refractivity contribution is 0.414. The molecule has 0 saturated heterocycles. The van der Waals surface area contributed by atoms with Gasteiger partial charge in [0.2, 0.25) is 5.82 Å². The number of halogens is 4. The number of amidine groups is 1. The number of rotatable bonds is 3. The van der Waals surface area contributed by atoms with E-state index in [1.165, 1.54) is 12.1 Å². The first-order valence-corrected chi connectivity index (χ1v) is 6.93. The molecule has 7 heteroatoms. The molecule has 3 N–H and O–H groups in total. The maximum absolute atomic E-state index is 13.6. The molecule has 0 bridgehead atoms. The SMILES string of the molecule is N=C(N)c1ccc(Oc2cc(Br)cc(F)c2F)c(Br)c1. The molecule has 2 aromatic rings. The third kappa shape index (κ3) is 3.16. The molecule has 2 aromatic carbocycles. The summed E-state index contributed by atoms with van der Waals surface area (Å²) in [6.45, 7) is 0. The van der Waals surface area contributed by atoms with Crippen molar-refractivity contribution in [1.29, 1.82) is 5.41 Å². The first-order chi connectivity index (χ1) is 9.38. The maximum atomic E-state index is 13.6. The van der Waals surface area contributed by atoms with Crippen molar-refractivity contribution < 1.29 is 13.5 Å². The smallest absolute Gasteiger partial charge is 0.201 e. The van der Waals surface area contributed by atoms with E-state index in [2.05, 4.69) is 31.9 Å². The Morgan fingerprint density at radius 2 is 1.80 bits per heavy atom. The Bertz CT molecular complexity index is 692. The molecule has 0 atom stereocenters. The highest BCUT2D eigenvalue weighted by atomic mass is 79.9. The second kappa shape index (κ2) is 5.88. The van der Waals surface area contributed by atoms with E-state index < -0.39 is 11.6 Å². The van der Waals surface area contributed by atoms with Crippen molar-refractivity contribution in [3.05, 3.63) is 56.5 Å². The number of benzene rings is 2. The zero-order valence-electron chi connectivity index (χ0n) is 9.88. The largest absolute Gasteiger partial charge is 0.453 e. The second-order valence-electron chi connectivity index (χ2n) is 3.86. The molecule has 104 valence electrons.